The van der Waals surface area contributed by atoms with Crippen LogP contribution >= 0.6 is 0 Å². The van der Waals surface area contributed by atoms with Crippen LogP contribution in [-0.4, -0.2) is 45.3 Å². The van der Waals surface area contributed by atoms with Crippen molar-refractivity contribution in [3.63, 3.8) is 0 Å². The average molecular weight is 323 g/mol. The SMILES string of the molecule is C[CH2][In]([CH2]C)[CH2]C.[SnH2]. The van der Waals surface area contributed by atoms with Gasteiger partial charge in [0.25, 0.3) is 0 Å². The van der Waals surface area contributed by atoms with Crippen molar-refractivity contribution in [2.45, 2.75) is 33.3 Å². The predicted molar refractivity (Wildman–Crippen MR) is 45.7 cm³/mol. The Labute approximate surface area is 77.9 Å². The van der Waals surface area contributed by atoms with Gasteiger partial charge in [-0.15, -0.1) is 0 Å². The molecular weight excluding hydrogens is 306 g/mol. The molecule has 2 radical (unpaired) electrons. The molecule has 0 spiro atoms. The second kappa shape index (κ2) is 8.67. The molecule has 8 heavy (non-hydrogen) atoms. The van der Waals surface area contributed by atoms with Crippen LogP contribution in [-0.2, 0) is 0 Å². The van der Waals surface area contributed by atoms with Gasteiger partial charge in [0.05, 0.1) is 0 Å². The Morgan fingerprint density at radius 2 is 1.12 bits per heavy atom. The van der Waals surface area contributed by atoms with E-state index in [1.807, 2.05) is 0 Å². The zero-order valence-electron chi connectivity index (χ0n) is 6.41. The summed E-state index contributed by atoms with van der Waals surface area (Å²) in [4.78, 5) is 0. The maximum absolute atomic E-state index is 2.35. The van der Waals surface area contributed by atoms with E-state index in [1.54, 1.807) is 12.5 Å². The minimum atomic E-state index is -0.764. The second-order valence-corrected chi connectivity index (χ2v) is 14.0. The molecule has 0 aliphatic heterocycles. The summed E-state index contributed by atoms with van der Waals surface area (Å²) in [6.45, 7) is 7.06. The van der Waals surface area contributed by atoms with Gasteiger partial charge in [-0.3, -0.25) is 0 Å². The first-order chi connectivity index (χ1) is 3.35. The van der Waals surface area contributed by atoms with Gasteiger partial charge in [0.15, 0.2) is 0 Å². The number of hydrogen-bond acceptors (Lipinski definition) is 0. The van der Waals surface area contributed by atoms with Crippen LogP contribution in [0.5, 0.6) is 0 Å². The Balaban J connectivity index is 0. The van der Waals surface area contributed by atoms with Crippen LogP contribution < -0.4 is 0 Å². The van der Waals surface area contributed by atoms with Gasteiger partial charge >= 0.3 is 78.6 Å². The van der Waals surface area contributed by atoms with Crippen LogP contribution in [0.1, 0.15) is 20.8 Å². The average Bonchev–Trinajstić information content (AvgIpc) is 1.72. The normalized spacial score (nSPS) is 7.88. The van der Waals surface area contributed by atoms with E-state index < -0.39 is 21.4 Å². The fraction of sp³-hybridized carbons (Fsp3) is 1.00. The summed E-state index contributed by atoms with van der Waals surface area (Å²) in [5, 5.41) is 0. The van der Waals surface area contributed by atoms with E-state index >= 15 is 0 Å². The van der Waals surface area contributed by atoms with Crippen molar-refractivity contribution in [3.8, 4) is 0 Å². The standard InChI is InChI=1S/3C2H5.In.Sn.2H/c3*1-2;;;;/h3*1H2,2H3;;;;. The van der Waals surface area contributed by atoms with E-state index in [1.165, 1.54) is 0 Å². The van der Waals surface area contributed by atoms with E-state index in [0.717, 1.165) is 0 Å². The number of hydrogen-bond donors (Lipinski definition) is 0. The van der Waals surface area contributed by atoms with Crippen molar-refractivity contribution < 1.29 is 0 Å². The maximum atomic E-state index is 2.35. The fourth-order valence-electron chi connectivity index (χ4n) is 0.866. The van der Waals surface area contributed by atoms with Crippen LogP contribution in [0.2, 0.25) is 12.5 Å². The van der Waals surface area contributed by atoms with Gasteiger partial charge in [-0.05, 0) is 0 Å². The quantitative estimate of drug-likeness (QED) is 0.693. The Morgan fingerprint density at radius 3 is 1.12 bits per heavy atom. The van der Waals surface area contributed by atoms with Crippen LogP contribution in [0.4, 0.5) is 0 Å². The topological polar surface area (TPSA) is 0 Å². The fourth-order valence-corrected chi connectivity index (χ4v) is 5.81. The van der Waals surface area contributed by atoms with E-state index in [9.17, 15) is 0 Å². The van der Waals surface area contributed by atoms with Crippen LogP contribution in [0.25, 0.3) is 0 Å². The summed E-state index contributed by atoms with van der Waals surface area (Å²) in [5.41, 5.74) is 0. The molecule has 0 atom stereocenters. The van der Waals surface area contributed by atoms with E-state index in [0.29, 0.717) is 0 Å². The van der Waals surface area contributed by atoms with E-state index in [2.05, 4.69) is 20.8 Å². The van der Waals surface area contributed by atoms with Gasteiger partial charge < -0.3 is 0 Å². The molecule has 0 aromatic carbocycles. The summed E-state index contributed by atoms with van der Waals surface area (Å²) in [6, 6.07) is 0. The number of rotatable bonds is 3. The molecule has 0 heterocycles. The van der Waals surface area contributed by atoms with Crippen LogP contribution in [0.15, 0.2) is 0 Å². The first-order valence-electron chi connectivity index (χ1n) is 3.35. The molecule has 0 aliphatic carbocycles. The zero-order valence-corrected chi connectivity index (χ0v) is 13.7. The summed E-state index contributed by atoms with van der Waals surface area (Å²) in [5.74, 6) is 0. The zero-order chi connectivity index (χ0) is 5.70. The van der Waals surface area contributed by atoms with Crippen molar-refractivity contribution in [1.29, 1.82) is 0 Å². The van der Waals surface area contributed by atoms with E-state index in [4.69, 9.17) is 0 Å². The summed E-state index contributed by atoms with van der Waals surface area (Å²) >= 11 is -0.764. The third-order valence-corrected chi connectivity index (χ3v) is 11.6. The van der Waals surface area contributed by atoms with E-state index in [-0.39, 0.29) is 23.9 Å². The molecule has 0 rings (SSSR count). The Bertz CT molecular complexity index is 30.0. The first kappa shape index (κ1) is 12.4. The Kier molecular flexibility index (Phi) is 13.4. The monoisotopic (exact) mass is 324 g/mol. The van der Waals surface area contributed by atoms with Crippen molar-refractivity contribution >= 4 is 45.3 Å². The van der Waals surface area contributed by atoms with Gasteiger partial charge in [-0.2, -0.15) is 0 Å². The van der Waals surface area contributed by atoms with Gasteiger partial charge in [-0.1, -0.05) is 0 Å². The Hall–Kier alpha value is 1.67. The predicted octanol–water partition coefficient (Wildman–Crippen LogP) is 1.62. The summed E-state index contributed by atoms with van der Waals surface area (Å²) in [7, 11) is 0. The van der Waals surface area contributed by atoms with Crippen molar-refractivity contribution in [2.24, 2.45) is 0 Å². The molecule has 0 saturated carbocycles. The molecule has 0 bridgehead atoms. The van der Waals surface area contributed by atoms with Gasteiger partial charge in [0.1, 0.15) is 0 Å². The molecule has 48 valence electrons. The van der Waals surface area contributed by atoms with Gasteiger partial charge in [0, 0.05) is 0 Å². The third-order valence-electron chi connectivity index (χ3n) is 1.73. The summed E-state index contributed by atoms with van der Waals surface area (Å²) < 4.78 is 4.69. The minimum absolute atomic E-state index is 0. The van der Waals surface area contributed by atoms with Crippen LogP contribution in [0.3, 0.4) is 0 Å². The van der Waals surface area contributed by atoms with Crippen LogP contribution in [0, 0.1) is 0 Å². The van der Waals surface area contributed by atoms with Crippen molar-refractivity contribution in [3.05, 3.63) is 0 Å². The molecule has 0 unspecified atom stereocenters. The second-order valence-electron chi connectivity index (χ2n) is 2.09. The molecule has 0 saturated heterocycles. The summed E-state index contributed by atoms with van der Waals surface area (Å²) in [6.07, 6.45) is 0. The van der Waals surface area contributed by atoms with Crippen molar-refractivity contribution in [2.75, 3.05) is 0 Å². The van der Waals surface area contributed by atoms with Gasteiger partial charge in [-0.25, -0.2) is 0 Å². The molecule has 0 aliphatic rings. The molecule has 0 aromatic rings. The van der Waals surface area contributed by atoms with Crippen molar-refractivity contribution in [1.82, 2.24) is 0 Å². The molecule has 0 N–H and O–H groups in total. The Morgan fingerprint density at radius 1 is 0.875 bits per heavy atom. The first-order valence-corrected chi connectivity index (χ1v) is 10.3. The molecule has 0 amide bonds. The molecule has 0 aromatic heterocycles. The van der Waals surface area contributed by atoms with Gasteiger partial charge in [0.2, 0.25) is 0 Å². The molecule has 2 heteroatoms. The molecule has 0 nitrogen and oxygen atoms in total. The third kappa shape index (κ3) is 5.80. The molecular formula is C6H17InSn. The molecule has 0 fully saturated rings.